The van der Waals surface area contributed by atoms with Gasteiger partial charge in [0, 0.05) is 0 Å². The number of benzene rings is 1. The quantitative estimate of drug-likeness (QED) is 0.489. The molecule has 3 N–H and O–H groups in total. The summed E-state index contributed by atoms with van der Waals surface area (Å²) in [5, 5.41) is 8.88. The molecule has 1 aromatic rings. The fourth-order valence-electron chi connectivity index (χ4n) is 0.687. The SMILES string of the molecule is NCC(=O)Oc1ccc(O)cc1. The molecule has 0 aliphatic heterocycles. The van der Waals surface area contributed by atoms with Crippen molar-refractivity contribution < 1.29 is 14.6 Å². The van der Waals surface area contributed by atoms with Crippen LogP contribution in [0.4, 0.5) is 0 Å². The van der Waals surface area contributed by atoms with E-state index in [1.807, 2.05) is 0 Å². The van der Waals surface area contributed by atoms with Gasteiger partial charge >= 0.3 is 5.97 Å². The van der Waals surface area contributed by atoms with E-state index in [-0.39, 0.29) is 12.3 Å². The van der Waals surface area contributed by atoms with Gasteiger partial charge in [-0.1, -0.05) is 0 Å². The number of carbonyl (C=O) groups is 1. The summed E-state index contributed by atoms with van der Waals surface area (Å²) in [6.45, 7) is -0.152. The molecule has 4 heteroatoms. The Labute approximate surface area is 69.6 Å². The maximum Gasteiger partial charge on any atom is 0.325 e. The minimum absolute atomic E-state index is 0.127. The molecule has 4 nitrogen and oxygen atoms in total. The average molecular weight is 167 g/mol. The Kier molecular flexibility index (Phi) is 2.66. The number of aromatic hydroxyl groups is 1. The third-order valence-electron chi connectivity index (χ3n) is 1.24. The van der Waals surface area contributed by atoms with Crippen molar-refractivity contribution in [2.45, 2.75) is 0 Å². The van der Waals surface area contributed by atoms with E-state index in [1.54, 1.807) is 0 Å². The molecule has 1 rings (SSSR count). The molecular formula is C8H9NO3. The van der Waals surface area contributed by atoms with E-state index in [0.717, 1.165) is 0 Å². The van der Waals surface area contributed by atoms with E-state index < -0.39 is 5.97 Å². The number of ether oxygens (including phenoxy) is 1. The average Bonchev–Trinajstić information content (AvgIpc) is 2.09. The van der Waals surface area contributed by atoms with Crippen LogP contribution in [0.15, 0.2) is 24.3 Å². The first-order valence-corrected chi connectivity index (χ1v) is 3.42. The van der Waals surface area contributed by atoms with Crippen LogP contribution in [-0.2, 0) is 4.79 Å². The number of esters is 1. The lowest BCUT2D eigenvalue weighted by Crippen LogP contribution is -2.19. The van der Waals surface area contributed by atoms with Crippen LogP contribution in [0, 0.1) is 0 Å². The molecule has 0 bridgehead atoms. The molecule has 0 atom stereocenters. The molecule has 0 saturated heterocycles. The van der Waals surface area contributed by atoms with Crippen LogP contribution in [0.3, 0.4) is 0 Å². The van der Waals surface area contributed by atoms with Gasteiger partial charge in [-0.25, -0.2) is 0 Å². The number of nitrogens with two attached hydrogens (primary N) is 1. The van der Waals surface area contributed by atoms with E-state index in [1.165, 1.54) is 24.3 Å². The van der Waals surface area contributed by atoms with Crippen LogP contribution in [-0.4, -0.2) is 17.6 Å². The first-order valence-electron chi connectivity index (χ1n) is 3.42. The maximum atomic E-state index is 10.7. The Morgan fingerprint density at radius 2 is 2.00 bits per heavy atom. The summed E-state index contributed by atoms with van der Waals surface area (Å²) in [4.78, 5) is 10.7. The Hall–Kier alpha value is -1.55. The summed E-state index contributed by atoms with van der Waals surface area (Å²) >= 11 is 0. The summed E-state index contributed by atoms with van der Waals surface area (Å²) in [5.41, 5.74) is 5.03. The highest BCUT2D eigenvalue weighted by atomic mass is 16.5. The van der Waals surface area contributed by atoms with Gasteiger partial charge in [0.1, 0.15) is 11.5 Å². The van der Waals surface area contributed by atoms with Crippen molar-refractivity contribution in [2.24, 2.45) is 5.73 Å². The van der Waals surface area contributed by atoms with Crippen LogP contribution in [0.25, 0.3) is 0 Å². The van der Waals surface area contributed by atoms with Crippen LogP contribution < -0.4 is 10.5 Å². The van der Waals surface area contributed by atoms with E-state index in [9.17, 15) is 4.79 Å². The third kappa shape index (κ3) is 2.25. The number of rotatable bonds is 2. The van der Waals surface area contributed by atoms with Crippen molar-refractivity contribution in [3.05, 3.63) is 24.3 Å². The van der Waals surface area contributed by atoms with Crippen LogP contribution in [0.5, 0.6) is 11.5 Å². The predicted octanol–water partition coefficient (Wildman–Crippen LogP) is 0.256. The number of phenolic OH excluding ortho intramolecular Hbond substituents is 1. The van der Waals surface area contributed by atoms with Crippen molar-refractivity contribution >= 4 is 5.97 Å². The summed E-state index contributed by atoms with van der Waals surface area (Å²) in [6.07, 6.45) is 0. The largest absolute Gasteiger partial charge is 0.508 e. The summed E-state index contributed by atoms with van der Waals surface area (Å²) in [5.74, 6) is 0.00601. The van der Waals surface area contributed by atoms with Gasteiger partial charge in [-0.3, -0.25) is 4.79 Å². The molecule has 1 aromatic carbocycles. The lowest BCUT2D eigenvalue weighted by Gasteiger charge is -2.01. The second-order valence-electron chi connectivity index (χ2n) is 2.17. The molecule has 0 fully saturated rings. The molecule has 12 heavy (non-hydrogen) atoms. The molecule has 0 aliphatic rings. The molecule has 0 spiro atoms. The molecule has 0 saturated carbocycles. The van der Waals surface area contributed by atoms with Crippen molar-refractivity contribution in [2.75, 3.05) is 6.54 Å². The van der Waals surface area contributed by atoms with Crippen molar-refractivity contribution in [3.63, 3.8) is 0 Å². The summed E-state index contributed by atoms with van der Waals surface area (Å²) in [7, 11) is 0. The molecule has 0 radical (unpaired) electrons. The van der Waals surface area contributed by atoms with Gasteiger partial charge in [-0.15, -0.1) is 0 Å². The lowest BCUT2D eigenvalue weighted by atomic mass is 10.3. The third-order valence-corrected chi connectivity index (χ3v) is 1.24. The number of carbonyl (C=O) groups excluding carboxylic acids is 1. The predicted molar refractivity (Wildman–Crippen MR) is 42.8 cm³/mol. The van der Waals surface area contributed by atoms with Gasteiger partial charge in [0.15, 0.2) is 0 Å². The van der Waals surface area contributed by atoms with Gasteiger partial charge in [-0.2, -0.15) is 0 Å². The highest BCUT2D eigenvalue weighted by Crippen LogP contribution is 2.15. The second-order valence-corrected chi connectivity index (χ2v) is 2.17. The van der Waals surface area contributed by atoms with E-state index in [2.05, 4.69) is 0 Å². The number of hydrogen-bond donors (Lipinski definition) is 2. The van der Waals surface area contributed by atoms with Gasteiger partial charge in [0.25, 0.3) is 0 Å². The van der Waals surface area contributed by atoms with Crippen LogP contribution in [0.2, 0.25) is 0 Å². The summed E-state index contributed by atoms with van der Waals surface area (Å²) < 4.78 is 4.74. The molecule has 0 heterocycles. The number of phenols is 1. The van der Waals surface area contributed by atoms with Crippen LogP contribution in [0.1, 0.15) is 0 Å². The van der Waals surface area contributed by atoms with E-state index in [0.29, 0.717) is 5.75 Å². The minimum atomic E-state index is -0.499. The molecule has 0 unspecified atom stereocenters. The molecule has 0 aromatic heterocycles. The number of hydrogen-bond acceptors (Lipinski definition) is 4. The topological polar surface area (TPSA) is 72.6 Å². The van der Waals surface area contributed by atoms with Gasteiger partial charge in [0.2, 0.25) is 0 Å². The molecule has 0 amide bonds. The van der Waals surface area contributed by atoms with Crippen LogP contribution >= 0.6 is 0 Å². The van der Waals surface area contributed by atoms with E-state index >= 15 is 0 Å². The Bertz CT molecular complexity index is 268. The fraction of sp³-hybridized carbons (Fsp3) is 0.125. The van der Waals surface area contributed by atoms with Gasteiger partial charge < -0.3 is 15.6 Å². The Morgan fingerprint density at radius 1 is 1.42 bits per heavy atom. The molecular weight excluding hydrogens is 158 g/mol. The Balaban J connectivity index is 2.64. The lowest BCUT2D eigenvalue weighted by molar-refractivity contribution is -0.132. The zero-order valence-electron chi connectivity index (χ0n) is 6.36. The van der Waals surface area contributed by atoms with Crippen molar-refractivity contribution in [1.82, 2.24) is 0 Å². The first kappa shape index (κ1) is 8.55. The first-order chi connectivity index (χ1) is 5.72. The van der Waals surface area contributed by atoms with Crippen molar-refractivity contribution in [1.29, 1.82) is 0 Å². The van der Waals surface area contributed by atoms with E-state index in [4.69, 9.17) is 15.6 Å². The highest BCUT2D eigenvalue weighted by Gasteiger charge is 2.00. The fourth-order valence-corrected chi connectivity index (χ4v) is 0.687. The minimum Gasteiger partial charge on any atom is -0.508 e. The standard InChI is InChI=1S/C8H9NO3/c9-5-8(11)12-7-3-1-6(10)2-4-7/h1-4,10H,5,9H2. The smallest absolute Gasteiger partial charge is 0.325 e. The normalized spacial score (nSPS) is 9.42. The van der Waals surface area contributed by atoms with Gasteiger partial charge in [0.05, 0.1) is 6.54 Å². The zero-order valence-corrected chi connectivity index (χ0v) is 6.36. The second kappa shape index (κ2) is 3.73. The molecule has 64 valence electrons. The summed E-state index contributed by atoms with van der Waals surface area (Å²) in [6, 6.07) is 5.84. The highest BCUT2D eigenvalue weighted by molar-refractivity contribution is 5.74. The van der Waals surface area contributed by atoms with Crippen molar-refractivity contribution in [3.8, 4) is 11.5 Å². The monoisotopic (exact) mass is 167 g/mol. The Morgan fingerprint density at radius 3 is 2.50 bits per heavy atom. The van der Waals surface area contributed by atoms with Gasteiger partial charge in [-0.05, 0) is 24.3 Å². The molecule has 0 aliphatic carbocycles. The maximum absolute atomic E-state index is 10.7. The zero-order chi connectivity index (χ0) is 8.97.